The van der Waals surface area contributed by atoms with Gasteiger partial charge in [0, 0.05) is 30.6 Å². The first-order chi connectivity index (χ1) is 15.3. The van der Waals surface area contributed by atoms with Gasteiger partial charge in [-0.1, -0.05) is 42.2 Å². The van der Waals surface area contributed by atoms with Gasteiger partial charge >= 0.3 is 0 Å². The van der Waals surface area contributed by atoms with E-state index in [0.29, 0.717) is 6.42 Å². The number of hydrogen-bond acceptors (Lipinski definition) is 4. The van der Waals surface area contributed by atoms with E-state index in [1.54, 1.807) is 18.4 Å². The molecule has 5 rings (SSSR count). The van der Waals surface area contributed by atoms with Crippen LogP contribution in [0.3, 0.4) is 0 Å². The van der Waals surface area contributed by atoms with Crippen molar-refractivity contribution in [1.29, 1.82) is 0 Å². The first kappa shape index (κ1) is 19.1. The predicted octanol–water partition coefficient (Wildman–Crippen LogP) is 5.46. The van der Waals surface area contributed by atoms with Gasteiger partial charge in [-0.15, -0.1) is 11.3 Å². The van der Waals surface area contributed by atoms with E-state index in [1.807, 2.05) is 71.5 Å². The Balaban J connectivity index is 1.44. The minimum Gasteiger partial charge on any atom is -0.497 e. The Morgan fingerprint density at radius 3 is 2.77 bits per heavy atom. The van der Waals surface area contributed by atoms with Gasteiger partial charge in [-0.25, -0.2) is 4.98 Å². The molecule has 4 nitrogen and oxygen atoms in total. The van der Waals surface area contributed by atoms with Gasteiger partial charge < -0.3 is 9.14 Å². The Hall–Kier alpha value is -3.88. The van der Waals surface area contributed by atoms with Gasteiger partial charge in [0.2, 0.25) is 0 Å². The number of thiophene rings is 1. The van der Waals surface area contributed by atoms with Gasteiger partial charge in [-0.05, 0) is 42.0 Å². The second kappa shape index (κ2) is 8.47. The van der Waals surface area contributed by atoms with Crippen molar-refractivity contribution >= 4 is 17.0 Å². The summed E-state index contributed by atoms with van der Waals surface area (Å²) in [5.74, 6) is 7.31. The molecule has 3 heterocycles. The number of nitrogens with zero attached hydrogens (tertiary/aromatic N) is 3. The van der Waals surface area contributed by atoms with Crippen molar-refractivity contribution in [3.63, 3.8) is 0 Å². The SMILES string of the molecule is COc1cccc(Cc2nccn3cc(-c4ccc(C#Cc5ccccc5)s4)nc23)c1. The summed E-state index contributed by atoms with van der Waals surface area (Å²) in [4.78, 5) is 11.6. The third-order valence-electron chi connectivity index (χ3n) is 4.92. The van der Waals surface area contributed by atoms with Crippen LogP contribution in [0.2, 0.25) is 0 Å². The molecule has 150 valence electrons. The quantitative estimate of drug-likeness (QED) is 0.362. The van der Waals surface area contributed by atoms with E-state index < -0.39 is 0 Å². The first-order valence-electron chi connectivity index (χ1n) is 9.91. The number of ether oxygens (including phenoxy) is 1. The fourth-order valence-electron chi connectivity index (χ4n) is 3.39. The molecular formula is C26H19N3OS. The molecule has 0 radical (unpaired) electrons. The van der Waals surface area contributed by atoms with Crippen LogP contribution in [0.25, 0.3) is 16.2 Å². The molecule has 0 bridgehead atoms. The summed E-state index contributed by atoms with van der Waals surface area (Å²) in [6, 6.07) is 22.2. The van der Waals surface area contributed by atoms with Crippen molar-refractivity contribution in [2.45, 2.75) is 6.42 Å². The second-order valence-corrected chi connectivity index (χ2v) is 8.12. The molecule has 5 heteroatoms. The van der Waals surface area contributed by atoms with E-state index in [2.05, 4.69) is 35.0 Å². The van der Waals surface area contributed by atoms with Crippen LogP contribution in [0.4, 0.5) is 0 Å². The lowest BCUT2D eigenvalue weighted by molar-refractivity contribution is 0.414. The maximum atomic E-state index is 5.34. The van der Waals surface area contributed by atoms with Crippen molar-refractivity contribution in [1.82, 2.24) is 14.4 Å². The minimum absolute atomic E-state index is 0.691. The van der Waals surface area contributed by atoms with Crippen molar-refractivity contribution in [3.05, 3.63) is 107 Å². The maximum absolute atomic E-state index is 5.34. The summed E-state index contributed by atoms with van der Waals surface area (Å²) in [5.41, 5.74) is 4.88. The van der Waals surface area contributed by atoms with Crippen LogP contribution in [0.1, 0.15) is 21.7 Å². The van der Waals surface area contributed by atoms with Gasteiger partial charge in [0.05, 0.1) is 28.3 Å². The zero-order valence-corrected chi connectivity index (χ0v) is 17.8. The van der Waals surface area contributed by atoms with Gasteiger partial charge in [-0.3, -0.25) is 4.98 Å². The summed E-state index contributed by atoms with van der Waals surface area (Å²) in [7, 11) is 1.68. The van der Waals surface area contributed by atoms with Crippen LogP contribution in [-0.4, -0.2) is 21.5 Å². The van der Waals surface area contributed by atoms with Gasteiger partial charge in [0.15, 0.2) is 5.65 Å². The molecule has 31 heavy (non-hydrogen) atoms. The Kier molecular flexibility index (Phi) is 5.22. The highest BCUT2D eigenvalue weighted by molar-refractivity contribution is 7.16. The van der Waals surface area contributed by atoms with E-state index in [1.165, 1.54) is 0 Å². The normalized spacial score (nSPS) is 10.6. The number of benzene rings is 2. The molecule has 2 aromatic carbocycles. The minimum atomic E-state index is 0.691. The lowest BCUT2D eigenvalue weighted by atomic mass is 10.1. The molecular weight excluding hydrogens is 402 g/mol. The number of imidazole rings is 1. The molecule has 5 aromatic rings. The first-order valence-corrected chi connectivity index (χ1v) is 10.7. The van der Waals surface area contributed by atoms with Crippen LogP contribution < -0.4 is 4.74 Å². The predicted molar refractivity (Wildman–Crippen MR) is 125 cm³/mol. The third kappa shape index (κ3) is 4.20. The molecule has 3 aromatic heterocycles. The van der Waals surface area contributed by atoms with Crippen LogP contribution >= 0.6 is 11.3 Å². The fraction of sp³-hybridized carbons (Fsp3) is 0.0769. The van der Waals surface area contributed by atoms with E-state index in [4.69, 9.17) is 9.72 Å². The highest BCUT2D eigenvalue weighted by Gasteiger charge is 2.11. The molecule has 0 aliphatic heterocycles. The average molecular weight is 422 g/mol. The second-order valence-electron chi connectivity index (χ2n) is 7.04. The summed E-state index contributed by atoms with van der Waals surface area (Å²) < 4.78 is 7.38. The largest absolute Gasteiger partial charge is 0.497 e. The van der Waals surface area contributed by atoms with Crippen molar-refractivity contribution < 1.29 is 4.74 Å². The Bertz CT molecular complexity index is 1410. The van der Waals surface area contributed by atoms with Crippen LogP contribution in [0, 0.1) is 11.8 Å². The van der Waals surface area contributed by atoms with Gasteiger partial charge in [-0.2, -0.15) is 0 Å². The maximum Gasteiger partial charge on any atom is 0.159 e. The molecule has 0 N–H and O–H groups in total. The Morgan fingerprint density at radius 2 is 1.90 bits per heavy atom. The number of methoxy groups -OCH3 is 1. The zero-order chi connectivity index (χ0) is 21.0. The van der Waals surface area contributed by atoms with Crippen molar-refractivity contribution in [2.75, 3.05) is 7.11 Å². The zero-order valence-electron chi connectivity index (χ0n) is 16.9. The molecule has 0 aliphatic rings. The lowest BCUT2D eigenvalue weighted by Gasteiger charge is -2.05. The highest BCUT2D eigenvalue weighted by Crippen LogP contribution is 2.28. The van der Waals surface area contributed by atoms with E-state index >= 15 is 0 Å². The van der Waals surface area contributed by atoms with E-state index in [9.17, 15) is 0 Å². The molecule has 0 spiro atoms. The average Bonchev–Trinajstić information content (AvgIpc) is 3.46. The molecule has 0 amide bonds. The van der Waals surface area contributed by atoms with Crippen molar-refractivity contribution in [3.8, 4) is 28.2 Å². The van der Waals surface area contributed by atoms with Gasteiger partial charge in [0.25, 0.3) is 0 Å². The van der Waals surface area contributed by atoms with Crippen LogP contribution in [-0.2, 0) is 6.42 Å². The molecule has 0 atom stereocenters. The summed E-state index contributed by atoms with van der Waals surface area (Å²) >= 11 is 1.65. The van der Waals surface area contributed by atoms with E-state index in [0.717, 1.165) is 43.7 Å². The number of rotatable bonds is 4. The van der Waals surface area contributed by atoms with Crippen molar-refractivity contribution in [2.24, 2.45) is 0 Å². The smallest absolute Gasteiger partial charge is 0.159 e. The monoisotopic (exact) mass is 421 g/mol. The Morgan fingerprint density at radius 1 is 1.00 bits per heavy atom. The van der Waals surface area contributed by atoms with Crippen LogP contribution in [0.5, 0.6) is 5.75 Å². The standard InChI is InChI=1S/C26H19N3OS/c1-30-21-9-5-8-20(16-21)17-23-26-28-24(18-29(26)15-14-27-23)25-13-12-22(31-25)11-10-19-6-3-2-4-7-19/h2-9,12-16,18H,17H2,1H3. The topological polar surface area (TPSA) is 39.4 Å². The fourth-order valence-corrected chi connectivity index (χ4v) is 4.20. The number of hydrogen-bond donors (Lipinski definition) is 0. The summed E-state index contributed by atoms with van der Waals surface area (Å²) in [5, 5.41) is 0. The molecule has 0 saturated carbocycles. The van der Waals surface area contributed by atoms with E-state index in [-0.39, 0.29) is 0 Å². The number of fused-ring (bicyclic) bond motifs is 1. The molecule has 0 aliphatic carbocycles. The number of aromatic nitrogens is 3. The molecule has 0 unspecified atom stereocenters. The summed E-state index contributed by atoms with van der Waals surface area (Å²) in [6.45, 7) is 0. The highest BCUT2D eigenvalue weighted by atomic mass is 32.1. The van der Waals surface area contributed by atoms with Crippen LogP contribution in [0.15, 0.2) is 85.3 Å². The van der Waals surface area contributed by atoms with Gasteiger partial charge in [0.1, 0.15) is 5.75 Å². The summed E-state index contributed by atoms with van der Waals surface area (Å²) in [6.07, 6.45) is 6.49. The molecule has 0 saturated heterocycles. The Labute approximate surface area is 184 Å². The third-order valence-corrected chi connectivity index (χ3v) is 5.94. The molecule has 0 fully saturated rings. The lowest BCUT2D eigenvalue weighted by Crippen LogP contribution is -1.97.